The van der Waals surface area contributed by atoms with Crippen LogP contribution in [0.3, 0.4) is 0 Å². The molecule has 0 N–H and O–H groups in total. The Bertz CT molecular complexity index is 753. The molecule has 4 saturated carbocycles. The van der Waals surface area contributed by atoms with Gasteiger partial charge in [0.05, 0.1) is 17.0 Å². The Labute approximate surface area is 210 Å². The molecule has 33 heavy (non-hydrogen) atoms. The van der Waals surface area contributed by atoms with Gasteiger partial charge in [-0.15, -0.1) is 0 Å². The molecule has 0 aromatic heterocycles. The van der Waals surface area contributed by atoms with Gasteiger partial charge in [0.15, 0.2) is 0 Å². The van der Waals surface area contributed by atoms with Crippen molar-refractivity contribution < 1.29 is 14.3 Å². The lowest BCUT2D eigenvalue weighted by atomic mass is 9.44. The maximum Gasteiger partial charge on any atom is 0.302 e. The van der Waals surface area contributed by atoms with Crippen molar-refractivity contribution in [2.75, 3.05) is 6.61 Å². The number of carbonyl (C=O) groups excluding carboxylic acids is 1. The Morgan fingerprint density at radius 2 is 1.88 bits per heavy atom. The quantitative estimate of drug-likeness (QED) is 0.266. The Morgan fingerprint density at radius 3 is 2.61 bits per heavy atom. The first-order valence-electron chi connectivity index (χ1n) is 14.1. The third-order valence-corrected chi connectivity index (χ3v) is 13.1. The van der Waals surface area contributed by atoms with Crippen LogP contribution in [0.1, 0.15) is 105 Å². The highest BCUT2D eigenvalue weighted by Gasteiger charge is 2.72. The normalized spacial score (nSPS) is 49.3. The van der Waals surface area contributed by atoms with Gasteiger partial charge in [-0.2, -0.15) is 0 Å². The highest BCUT2D eigenvalue weighted by molar-refractivity contribution is 9.10. The van der Waals surface area contributed by atoms with Crippen LogP contribution in [0.5, 0.6) is 0 Å². The first-order valence-corrected chi connectivity index (χ1v) is 14.9. The smallest absolute Gasteiger partial charge is 0.302 e. The number of carbonyl (C=O) groups is 1. The van der Waals surface area contributed by atoms with E-state index in [0.717, 1.165) is 61.4 Å². The minimum Gasteiger partial charge on any atom is -0.463 e. The van der Waals surface area contributed by atoms with E-state index in [9.17, 15) is 4.79 Å². The van der Waals surface area contributed by atoms with Crippen molar-refractivity contribution in [1.29, 1.82) is 0 Å². The van der Waals surface area contributed by atoms with Gasteiger partial charge in [-0.1, -0.05) is 62.9 Å². The second kappa shape index (κ2) is 8.79. The lowest BCUT2D eigenvalue weighted by Gasteiger charge is -2.63. The van der Waals surface area contributed by atoms with E-state index in [0.29, 0.717) is 5.41 Å². The average molecular weight is 524 g/mol. The molecule has 0 amide bonds. The summed E-state index contributed by atoms with van der Waals surface area (Å²) in [5.41, 5.74) is 0.759. The fourth-order valence-electron chi connectivity index (χ4n) is 10.1. The molecule has 0 unspecified atom stereocenters. The zero-order valence-corrected chi connectivity index (χ0v) is 23.3. The molecule has 5 rings (SSSR count). The lowest BCUT2D eigenvalue weighted by Crippen LogP contribution is -2.63. The van der Waals surface area contributed by atoms with E-state index in [2.05, 4.69) is 43.6 Å². The Balaban J connectivity index is 1.34. The maximum absolute atomic E-state index is 11.7. The number of fused-ring (bicyclic) bond motifs is 3. The molecule has 5 aliphatic rings. The first-order chi connectivity index (χ1) is 15.6. The minimum atomic E-state index is -0.137. The van der Waals surface area contributed by atoms with E-state index in [1.807, 2.05) is 0 Å². The number of hydrogen-bond acceptors (Lipinski definition) is 3. The van der Waals surface area contributed by atoms with Crippen LogP contribution in [0.15, 0.2) is 0 Å². The van der Waals surface area contributed by atoms with Crippen LogP contribution >= 0.6 is 15.9 Å². The van der Waals surface area contributed by atoms with E-state index < -0.39 is 0 Å². The van der Waals surface area contributed by atoms with Crippen LogP contribution in [0, 0.1) is 46.3 Å². The molecule has 4 heteroatoms. The van der Waals surface area contributed by atoms with Crippen molar-refractivity contribution in [1.82, 2.24) is 0 Å². The Kier molecular flexibility index (Phi) is 6.55. The number of ether oxygens (including phenoxy) is 2. The first kappa shape index (κ1) is 24.6. The van der Waals surface area contributed by atoms with E-state index in [4.69, 9.17) is 9.47 Å². The summed E-state index contributed by atoms with van der Waals surface area (Å²) in [4.78, 5) is 11.7. The predicted molar refractivity (Wildman–Crippen MR) is 136 cm³/mol. The number of hydrogen-bond donors (Lipinski definition) is 0. The summed E-state index contributed by atoms with van der Waals surface area (Å²) >= 11 is 4.29. The molecule has 1 heterocycles. The average Bonchev–Trinajstić information content (AvgIpc) is 3.16. The van der Waals surface area contributed by atoms with Gasteiger partial charge < -0.3 is 9.47 Å². The predicted octanol–water partition coefficient (Wildman–Crippen LogP) is 7.55. The third kappa shape index (κ3) is 3.78. The molecular formula is C29H47BrO3. The molecule has 5 fully saturated rings. The fourth-order valence-corrected chi connectivity index (χ4v) is 11.3. The maximum atomic E-state index is 11.7. The highest BCUT2D eigenvalue weighted by atomic mass is 79.9. The van der Waals surface area contributed by atoms with Gasteiger partial charge in [0.25, 0.3) is 0 Å². The molecule has 0 aromatic carbocycles. The van der Waals surface area contributed by atoms with Gasteiger partial charge in [-0.25, -0.2) is 0 Å². The molecule has 0 spiro atoms. The van der Waals surface area contributed by atoms with Crippen molar-refractivity contribution in [2.45, 2.75) is 122 Å². The molecular weight excluding hydrogens is 476 g/mol. The van der Waals surface area contributed by atoms with Gasteiger partial charge >= 0.3 is 5.97 Å². The van der Waals surface area contributed by atoms with Gasteiger partial charge in [0, 0.05) is 18.8 Å². The summed E-state index contributed by atoms with van der Waals surface area (Å²) in [6.45, 7) is 12.4. The van der Waals surface area contributed by atoms with Gasteiger partial charge in [0.2, 0.25) is 0 Å². The lowest BCUT2D eigenvalue weighted by molar-refractivity contribution is -0.154. The van der Waals surface area contributed by atoms with Crippen molar-refractivity contribution in [3.05, 3.63) is 0 Å². The van der Waals surface area contributed by atoms with Crippen LogP contribution < -0.4 is 0 Å². The fraction of sp³-hybridized carbons (Fsp3) is 0.966. The standard InChI is InChI=1S/C29H47BrO3/c1-18(2)7-6-8-19(3)23-9-10-24-22-15-26-29(30)16-21(33-20(4)31)11-14-28(29,17-32-26)25(22)12-13-27(23,24)5/h18-19,21-26H,6-17H2,1-5H3/t19-,21+,22+,23-,24+,25+,26+,27-,28+,29+/m1/s1. The summed E-state index contributed by atoms with van der Waals surface area (Å²) < 4.78 is 12.3. The van der Waals surface area contributed by atoms with Crippen LogP contribution in [0.2, 0.25) is 0 Å². The van der Waals surface area contributed by atoms with Crippen molar-refractivity contribution in [3.63, 3.8) is 0 Å². The number of alkyl halides is 1. The number of rotatable bonds is 6. The van der Waals surface area contributed by atoms with Crippen LogP contribution in [-0.4, -0.2) is 29.1 Å². The molecule has 188 valence electrons. The molecule has 2 bridgehead atoms. The topological polar surface area (TPSA) is 35.5 Å². The van der Waals surface area contributed by atoms with Crippen LogP contribution in [-0.2, 0) is 14.3 Å². The van der Waals surface area contributed by atoms with Crippen molar-refractivity contribution >= 4 is 21.9 Å². The summed E-state index contributed by atoms with van der Waals surface area (Å²) in [7, 11) is 0. The monoisotopic (exact) mass is 522 g/mol. The molecule has 1 saturated heterocycles. The molecule has 10 atom stereocenters. The Morgan fingerprint density at radius 1 is 1.09 bits per heavy atom. The molecule has 1 aliphatic heterocycles. The Hall–Kier alpha value is -0.0900. The highest BCUT2D eigenvalue weighted by Crippen LogP contribution is 2.73. The second-order valence-corrected chi connectivity index (χ2v) is 14.9. The SMILES string of the molecule is CC(=O)O[C@H]1CC[C@]23CO[C@@H](C[C@H]4[C@@H]5CC[C@H]([C@H](C)CCCC(C)C)[C@@]5(C)CC[C@@H]42)[C@@]3(Br)C1. The zero-order valence-electron chi connectivity index (χ0n) is 21.7. The zero-order chi connectivity index (χ0) is 23.6. The largest absolute Gasteiger partial charge is 0.463 e. The van der Waals surface area contributed by atoms with E-state index in [1.165, 1.54) is 51.4 Å². The van der Waals surface area contributed by atoms with Gasteiger partial charge in [0.1, 0.15) is 6.10 Å². The second-order valence-electron chi connectivity index (χ2n) is 13.4. The molecule has 3 nitrogen and oxygen atoms in total. The molecule has 4 aliphatic carbocycles. The van der Waals surface area contributed by atoms with Crippen LogP contribution in [0.25, 0.3) is 0 Å². The van der Waals surface area contributed by atoms with Crippen molar-refractivity contribution in [2.24, 2.45) is 46.3 Å². The summed E-state index contributed by atoms with van der Waals surface area (Å²) in [6, 6.07) is 0. The minimum absolute atomic E-state index is 0.00455. The van der Waals surface area contributed by atoms with Crippen LogP contribution in [0.4, 0.5) is 0 Å². The third-order valence-electron chi connectivity index (χ3n) is 11.5. The van der Waals surface area contributed by atoms with Gasteiger partial charge in [-0.3, -0.25) is 4.79 Å². The van der Waals surface area contributed by atoms with E-state index >= 15 is 0 Å². The number of esters is 1. The summed E-state index contributed by atoms with van der Waals surface area (Å²) in [5, 5.41) is 0. The van der Waals surface area contributed by atoms with Crippen molar-refractivity contribution in [3.8, 4) is 0 Å². The summed E-state index contributed by atoms with van der Waals surface area (Å²) in [6.07, 6.45) is 14.5. The molecule has 0 aromatic rings. The molecule has 0 radical (unpaired) electrons. The van der Waals surface area contributed by atoms with Gasteiger partial charge in [-0.05, 0) is 85.9 Å². The van der Waals surface area contributed by atoms with E-state index in [1.54, 1.807) is 6.92 Å². The number of halogens is 1. The summed E-state index contributed by atoms with van der Waals surface area (Å²) in [5.74, 6) is 4.92. The van der Waals surface area contributed by atoms with E-state index in [-0.39, 0.29) is 27.9 Å².